The zero-order valence-electron chi connectivity index (χ0n) is 11.2. The molecule has 1 heterocycles. The lowest BCUT2D eigenvalue weighted by atomic mass is 10.2. The molecule has 0 spiro atoms. The fourth-order valence-corrected chi connectivity index (χ4v) is 1.74. The van der Waals surface area contributed by atoms with Gasteiger partial charge in [-0.1, -0.05) is 24.3 Å². The zero-order valence-corrected chi connectivity index (χ0v) is 11.2. The Morgan fingerprint density at radius 1 is 1.30 bits per heavy atom. The Labute approximate surface area is 118 Å². The van der Waals surface area contributed by atoms with Crippen LogP contribution in [0.25, 0.3) is 6.08 Å². The topological polar surface area (TPSA) is 51.2 Å². The van der Waals surface area contributed by atoms with E-state index in [1.54, 1.807) is 25.6 Å². The van der Waals surface area contributed by atoms with Crippen molar-refractivity contribution in [1.29, 1.82) is 0 Å². The summed E-state index contributed by atoms with van der Waals surface area (Å²) < 4.78 is 5.23. The lowest BCUT2D eigenvalue weighted by molar-refractivity contribution is -0.116. The molecule has 2 rings (SSSR count). The van der Waals surface area contributed by atoms with E-state index in [9.17, 15) is 4.79 Å². The Hall–Kier alpha value is -2.62. The second kappa shape index (κ2) is 7.09. The molecule has 1 aromatic carbocycles. The maximum Gasteiger partial charge on any atom is 0.244 e. The van der Waals surface area contributed by atoms with Gasteiger partial charge < -0.3 is 10.1 Å². The van der Waals surface area contributed by atoms with Gasteiger partial charge in [0.25, 0.3) is 0 Å². The summed E-state index contributed by atoms with van der Waals surface area (Å²) in [5.74, 6) is 0.615. The summed E-state index contributed by atoms with van der Waals surface area (Å²) >= 11 is 0. The van der Waals surface area contributed by atoms with E-state index < -0.39 is 0 Å². The van der Waals surface area contributed by atoms with Gasteiger partial charge in [-0.25, -0.2) is 0 Å². The number of nitrogens with one attached hydrogen (secondary N) is 1. The van der Waals surface area contributed by atoms with Gasteiger partial charge in [0, 0.05) is 30.6 Å². The molecule has 4 nitrogen and oxygen atoms in total. The van der Waals surface area contributed by atoms with E-state index >= 15 is 0 Å². The molecule has 0 radical (unpaired) electrons. The van der Waals surface area contributed by atoms with Crippen LogP contribution in [0.1, 0.15) is 11.1 Å². The van der Waals surface area contributed by atoms with Gasteiger partial charge in [-0.3, -0.25) is 9.78 Å². The SMILES string of the molecule is COc1ccccc1CNC(=O)C=Cc1cccnc1. The van der Waals surface area contributed by atoms with Crippen molar-refractivity contribution in [2.45, 2.75) is 6.54 Å². The second-order valence-electron chi connectivity index (χ2n) is 4.15. The van der Waals surface area contributed by atoms with Crippen molar-refractivity contribution >= 4 is 12.0 Å². The van der Waals surface area contributed by atoms with Crippen LogP contribution in [-0.4, -0.2) is 18.0 Å². The summed E-state index contributed by atoms with van der Waals surface area (Å²) in [5.41, 5.74) is 1.83. The molecule has 0 unspecified atom stereocenters. The number of methoxy groups -OCH3 is 1. The lowest BCUT2D eigenvalue weighted by Gasteiger charge is -2.08. The number of carbonyl (C=O) groups is 1. The van der Waals surface area contributed by atoms with E-state index in [4.69, 9.17) is 4.74 Å². The van der Waals surface area contributed by atoms with Crippen molar-refractivity contribution in [3.63, 3.8) is 0 Å². The molecule has 20 heavy (non-hydrogen) atoms. The molecule has 4 heteroatoms. The maximum absolute atomic E-state index is 11.7. The summed E-state index contributed by atoms with van der Waals surface area (Å²) in [6, 6.07) is 11.3. The van der Waals surface area contributed by atoms with Crippen LogP contribution < -0.4 is 10.1 Å². The Bertz CT molecular complexity index is 594. The first-order valence-corrected chi connectivity index (χ1v) is 6.27. The number of hydrogen-bond acceptors (Lipinski definition) is 3. The number of carbonyl (C=O) groups excluding carboxylic acids is 1. The number of para-hydroxylation sites is 1. The van der Waals surface area contributed by atoms with Crippen LogP contribution in [0.3, 0.4) is 0 Å². The normalized spacial score (nSPS) is 10.4. The second-order valence-corrected chi connectivity index (χ2v) is 4.15. The number of hydrogen-bond donors (Lipinski definition) is 1. The summed E-state index contributed by atoms with van der Waals surface area (Å²) in [7, 11) is 1.61. The van der Waals surface area contributed by atoms with E-state index in [-0.39, 0.29) is 5.91 Å². The molecule has 0 bridgehead atoms. The Morgan fingerprint density at radius 3 is 2.90 bits per heavy atom. The lowest BCUT2D eigenvalue weighted by Crippen LogP contribution is -2.20. The van der Waals surface area contributed by atoms with Crippen molar-refractivity contribution < 1.29 is 9.53 Å². The van der Waals surface area contributed by atoms with Crippen LogP contribution in [0, 0.1) is 0 Å². The molecule has 0 aliphatic heterocycles. The third-order valence-corrected chi connectivity index (χ3v) is 2.76. The number of ether oxygens (including phenoxy) is 1. The van der Waals surface area contributed by atoms with E-state index in [0.717, 1.165) is 16.9 Å². The summed E-state index contributed by atoms with van der Waals surface area (Å²) in [4.78, 5) is 15.7. The predicted molar refractivity (Wildman–Crippen MR) is 78.1 cm³/mol. The van der Waals surface area contributed by atoms with Gasteiger partial charge in [-0.05, 0) is 23.8 Å². The average Bonchev–Trinajstić information content (AvgIpc) is 2.52. The van der Waals surface area contributed by atoms with E-state index in [1.807, 2.05) is 36.4 Å². The number of nitrogens with zero attached hydrogens (tertiary/aromatic N) is 1. The van der Waals surface area contributed by atoms with E-state index in [0.29, 0.717) is 6.54 Å². The summed E-state index contributed by atoms with van der Waals surface area (Å²) in [6.45, 7) is 0.431. The predicted octanol–water partition coefficient (Wildman–Crippen LogP) is 2.42. The van der Waals surface area contributed by atoms with Crippen LogP contribution in [0.15, 0.2) is 54.9 Å². The number of pyridine rings is 1. The number of rotatable bonds is 5. The van der Waals surface area contributed by atoms with Crippen molar-refractivity contribution in [1.82, 2.24) is 10.3 Å². The molecule has 0 saturated carbocycles. The fourth-order valence-electron chi connectivity index (χ4n) is 1.74. The van der Waals surface area contributed by atoms with Gasteiger partial charge in [0.2, 0.25) is 5.91 Å². The first-order valence-electron chi connectivity index (χ1n) is 6.27. The molecule has 0 atom stereocenters. The minimum atomic E-state index is -0.153. The number of amides is 1. The highest BCUT2D eigenvalue weighted by atomic mass is 16.5. The maximum atomic E-state index is 11.7. The molecule has 0 fully saturated rings. The molecule has 1 N–H and O–H groups in total. The Kier molecular flexibility index (Phi) is 4.89. The Balaban J connectivity index is 1.91. The monoisotopic (exact) mass is 268 g/mol. The van der Waals surface area contributed by atoms with Crippen LogP contribution in [-0.2, 0) is 11.3 Å². The fraction of sp³-hybridized carbons (Fsp3) is 0.125. The molecule has 1 amide bonds. The summed E-state index contributed by atoms with van der Waals surface area (Å²) in [5, 5.41) is 2.82. The highest BCUT2D eigenvalue weighted by Gasteiger charge is 2.02. The van der Waals surface area contributed by atoms with Gasteiger partial charge in [-0.15, -0.1) is 0 Å². The number of aromatic nitrogens is 1. The van der Waals surface area contributed by atoms with Crippen molar-refractivity contribution in [2.75, 3.05) is 7.11 Å². The largest absolute Gasteiger partial charge is 0.496 e. The minimum Gasteiger partial charge on any atom is -0.496 e. The van der Waals surface area contributed by atoms with Gasteiger partial charge >= 0.3 is 0 Å². The average molecular weight is 268 g/mol. The highest BCUT2D eigenvalue weighted by Crippen LogP contribution is 2.16. The van der Waals surface area contributed by atoms with Crippen LogP contribution in [0.2, 0.25) is 0 Å². The minimum absolute atomic E-state index is 0.153. The van der Waals surface area contributed by atoms with Crippen LogP contribution >= 0.6 is 0 Å². The molecular weight excluding hydrogens is 252 g/mol. The molecule has 0 aliphatic carbocycles. The van der Waals surface area contributed by atoms with Gasteiger partial charge in [-0.2, -0.15) is 0 Å². The van der Waals surface area contributed by atoms with E-state index in [2.05, 4.69) is 10.3 Å². The molecular formula is C16H16N2O2. The van der Waals surface area contributed by atoms with Crippen LogP contribution in [0.4, 0.5) is 0 Å². The first-order chi connectivity index (χ1) is 9.79. The van der Waals surface area contributed by atoms with Crippen molar-refractivity contribution in [3.05, 3.63) is 66.0 Å². The molecule has 1 aromatic heterocycles. The smallest absolute Gasteiger partial charge is 0.244 e. The molecule has 0 saturated heterocycles. The Morgan fingerprint density at radius 2 is 2.15 bits per heavy atom. The van der Waals surface area contributed by atoms with Crippen molar-refractivity contribution in [2.24, 2.45) is 0 Å². The third kappa shape index (κ3) is 3.95. The van der Waals surface area contributed by atoms with Gasteiger partial charge in [0.05, 0.1) is 7.11 Å². The third-order valence-electron chi connectivity index (χ3n) is 2.76. The molecule has 102 valence electrons. The highest BCUT2D eigenvalue weighted by molar-refractivity contribution is 5.91. The van der Waals surface area contributed by atoms with Gasteiger partial charge in [0.15, 0.2) is 0 Å². The van der Waals surface area contributed by atoms with Gasteiger partial charge in [0.1, 0.15) is 5.75 Å². The molecule has 2 aromatic rings. The standard InChI is InChI=1S/C16H16N2O2/c1-20-15-7-3-2-6-14(15)12-18-16(19)9-8-13-5-4-10-17-11-13/h2-11H,12H2,1H3,(H,18,19). The van der Waals surface area contributed by atoms with Crippen LogP contribution in [0.5, 0.6) is 5.75 Å². The number of benzene rings is 1. The first kappa shape index (κ1) is 13.8. The van der Waals surface area contributed by atoms with E-state index in [1.165, 1.54) is 6.08 Å². The van der Waals surface area contributed by atoms with Crippen molar-refractivity contribution in [3.8, 4) is 5.75 Å². The molecule has 0 aliphatic rings. The summed E-state index contributed by atoms with van der Waals surface area (Å²) in [6.07, 6.45) is 6.61. The quantitative estimate of drug-likeness (QED) is 0.847. The zero-order chi connectivity index (χ0) is 14.2.